The van der Waals surface area contributed by atoms with Crippen LogP contribution in [0.25, 0.3) is 0 Å². The molecule has 3 atom stereocenters. The number of carbonyl (C=O) groups excluding carboxylic acids is 1. The average molecular weight is 280 g/mol. The summed E-state index contributed by atoms with van der Waals surface area (Å²) in [5.41, 5.74) is 0. The molecule has 0 aliphatic carbocycles. The molecule has 0 spiro atoms. The van der Waals surface area contributed by atoms with Gasteiger partial charge in [-0.15, -0.1) is 11.3 Å². The van der Waals surface area contributed by atoms with Crippen molar-refractivity contribution in [2.75, 3.05) is 13.1 Å². The van der Waals surface area contributed by atoms with Crippen LogP contribution in [0.2, 0.25) is 0 Å². The summed E-state index contributed by atoms with van der Waals surface area (Å²) >= 11 is 1.70. The summed E-state index contributed by atoms with van der Waals surface area (Å²) in [6.07, 6.45) is 3.13. The largest absolute Gasteiger partial charge is 0.349 e. The van der Waals surface area contributed by atoms with Crippen LogP contribution in [-0.4, -0.2) is 19.0 Å². The lowest BCUT2D eigenvalue weighted by Crippen LogP contribution is -2.36. The van der Waals surface area contributed by atoms with Crippen LogP contribution in [0, 0.1) is 11.8 Å². The van der Waals surface area contributed by atoms with Gasteiger partial charge in [-0.25, -0.2) is 0 Å². The van der Waals surface area contributed by atoms with E-state index in [0.29, 0.717) is 18.3 Å². The molecule has 2 rings (SSSR count). The molecule has 0 aromatic carbocycles. The van der Waals surface area contributed by atoms with Crippen LogP contribution >= 0.6 is 11.3 Å². The van der Waals surface area contributed by atoms with Gasteiger partial charge in [-0.05, 0) is 56.1 Å². The molecule has 1 aliphatic rings. The van der Waals surface area contributed by atoms with Crippen LogP contribution < -0.4 is 10.6 Å². The van der Waals surface area contributed by atoms with E-state index in [2.05, 4.69) is 30.5 Å². The first-order valence-electron chi connectivity index (χ1n) is 7.20. The third kappa shape index (κ3) is 4.32. The van der Waals surface area contributed by atoms with E-state index >= 15 is 0 Å². The van der Waals surface area contributed by atoms with Crippen molar-refractivity contribution in [3.63, 3.8) is 0 Å². The highest BCUT2D eigenvalue weighted by Crippen LogP contribution is 2.23. The quantitative estimate of drug-likeness (QED) is 0.870. The van der Waals surface area contributed by atoms with Crippen molar-refractivity contribution >= 4 is 17.2 Å². The highest BCUT2D eigenvalue weighted by molar-refractivity contribution is 7.10. The molecule has 1 aliphatic heterocycles. The minimum absolute atomic E-state index is 0.129. The zero-order valence-electron chi connectivity index (χ0n) is 11.8. The first kappa shape index (κ1) is 14.5. The molecule has 1 amide bonds. The summed E-state index contributed by atoms with van der Waals surface area (Å²) in [5.74, 6) is 1.29. The second-order valence-electron chi connectivity index (χ2n) is 5.59. The smallest absolute Gasteiger partial charge is 0.220 e. The van der Waals surface area contributed by atoms with E-state index in [1.165, 1.54) is 17.7 Å². The van der Waals surface area contributed by atoms with Crippen molar-refractivity contribution in [1.29, 1.82) is 0 Å². The topological polar surface area (TPSA) is 41.1 Å². The fraction of sp³-hybridized carbons (Fsp3) is 0.667. The van der Waals surface area contributed by atoms with Crippen LogP contribution in [0.5, 0.6) is 0 Å². The molecule has 19 heavy (non-hydrogen) atoms. The molecular weight excluding hydrogens is 256 g/mol. The predicted octanol–water partition coefficient (Wildman–Crippen LogP) is 2.95. The SMILES string of the molecule is CC(NC(=O)CC(C)C1CCCNC1)c1cccs1. The molecule has 1 aromatic rings. The maximum atomic E-state index is 12.1. The van der Waals surface area contributed by atoms with E-state index < -0.39 is 0 Å². The Hall–Kier alpha value is -0.870. The Morgan fingerprint density at radius 2 is 2.42 bits per heavy atom. The van der Waals surface area contributed by atoms with E-state index in [4.69, 9.17) is 0 Å². The highest BCUT2D eigenvalue weighted by atomic mass is 32.1. The Bertz CT molecular complexity index is 385. The van der Waals surface area contributed by atoms with Gasteiger partial charge in [0.05, 0.1) is 6.04 Å². The normalized spacial score (nSPS) is 22.7. The van der Waals surface area contributed by atoms with E-state index in [1.807, 2.05) is 11.4 Å². The van der Waals surface area contributed by atoms with Gasteiger partial charge in [0.1, 0.15) is 0 Å². The van der Waals surface area contributed by atoms with Crippen molar-refractivity contribution in [2.45, 2.75) is 39.2 Å². The lowest BCUT2D eigenvalue weighted by atomic mass is 9.85. The zero-order chi connectivity index (χ0) is 13.7. The van der Waals surface area contributed by atoms with Gasteiger partial charge in [0.25, 0.3) is 0 Å². The minimum Gasteiger partial charge on any atom is -0.349 e. The Morgan fingerprint density at radius 1 is 1.58 bits per heavy atom. The second kappa shape index (κ2) is 7.06. The second-order valence-corrected chi connectivity index (χ2v) is 6.57. The monoisotopic (exact) mass is 280 g/mol. The molecule has 2 heterocycles. The molecule has 0 saturated carbocycles. The van der Waals surface area contributed by atoms with Gasteiger partial charge < -0.3 is 10.6 Å². The zero-order valence-corrected chi connectivity index (χ0v) is 12.6. The summed E-state index contributed by atoms with van der Waals surface area (Å²) in [6, 6.07) is 4.23. The number of hydrogen-bond donors (Lipinski definition) is 2. The number of nitrogens with one attached hydrogen (secondary N) is 2. The van der Waals surface area contributed by atoms with E-state index in [1.54, 1.807) is 11.3 Å². The third-order valence-corrected chi connectivity index (χ3v) is 5.05. The summed E-state index contributed by atoms with van der Waals surface area (Å²) in [4.78, 5) is 13.3. The standard InChI is InChI=1S/C15H24N2OS/c1-11(13-5-3-7-16-10-13)9-15(18)17-12(2)14-6-4-8-19-14/h4,6,8,11-13,16H,3,5,7,9-10H2,1-2H3,(H,17,18). The minimum atomic E-state index is 0.129. The van der Waals surface area contributed by atoms with Crippen LogP contribution in [-0.2, 0) is 4.79 Å². The maximum Gasteiger partial charge on any atom is 0.220 e. The fourth-order valence-corrected chi connectivity index (χ4v) is 3.47. The van der Waals surface area contributed by atoms with Gasteiger partial charge in [-0.3, -0.25) is 4.79 Å². The molecule has 3 nitrogen and oxygen atoms in total. The number of piperidine rings is 1. The van der Waals surface area contributed by atoms with Crippen LogP contribution in [0.1, 0.15) is 44.0 Å². The number of rotatable bonds is 5. The number of thiophene rings is 1. The summed E-state index contributed by atoms with van der Waals surface area (Å²) in [7, 11) is 0. The summed E-state index contributed by atoms with van der Waals surface area (Å²) in [6.45, 7) is 6.45. The number of carbonyl (C=O) groups is 1. The lowest BCUT2D eigenvalue weighted by Gasteiger charge is -2.28. The molecule has 1 fully saturated rings. The Kier molecular flexibility index (Phi) is 5.40. The van der Waals surface area contributed by atoms with Crippen LogP contribution in [0.4, 0.5) is 0 Å². The van der Waals surface area contributed by atoms with Gasteiger partial charge in [0.2, 0.25) is 5.91 Å². The summed E-state index contributed by atoms with van der Waals surface area (Å²) in [5, 5.41) is 8.58. The van der Waals surface area contributed by atoms with Gasteiger partial charge in [-0.1, -0.05) is 13.0 Å². The van der Waals surface area contributed by atoms with Gasteiger partial charge in [-0.2, -0.15) is 0 Å². The van der Waals surface area contributed by atoms with Crippen molar-refractivity contribution in [3.05, 3.63) is 22.4 Å². The van der Waals surface area contributed by atoms with E-state index in [9.17, 15) is 4.79 Å². The van der Waals surface area contributed by atoms with E-state index in [0.717, 1.165) is 13.1 Å². The Morgan fingerprint density at radius 3 is 3.05 bits per heavy atom. The lowest BCUT2D eigenvalue weighted by molar-refractivity contribution is -0.123. The fourth-order valence-electron chi connectivity index (χ4n) is 2.73. The number of hydrogen-bond acceptors (Lipinski definition) is 3. The van der Waals surface area contributed by atoms with Crippen molar-refractivity contribution in [3.8, 4) is 0 Å². The van der Waals surface area contributed by atoms with Crippen molar-refractivity contribution in [2.24, 2.45) is 11.8 Å². The molecule has 106 valence electrons. The van der Waals surface area contributed by atoms with Gasteiger partial charge in [0, 0.05) is 11.3 Å². The van der Waals surface area contributed by atoms with Crippen molar-refractivity contribution in [1.82, 2.24) is 10.6 Å². The molecule has 1 saturated heterocycles. The third-order valence-electron chi connectivity index (χ3n) is 3.99. The molecule has 3 unspecified atom stereocenters. The molecule has 4 heteroatoms. The van der Waals surface area contributed by atoms with E-state index in [-0.39, 0.29) is 11.9 Å². The van der Waals surface area contributed by atoms with Gasteiger partial charge in [0.15, 0.2) is 0 Å². The average Bonchev–Trinajstić information content (AvgIpc) is 2.93. The molecule has 0 radical (unpaired) electrons. The molecule has 2 N–H and O–H groups in total. The highest BCUT2D eigenvalue weighted by Gasteiger charge is 2.22. The summed E-state index contributed by atoms with van der Waals surface area (Å²) < 4.78 is 0. The number of amides is 1. The van der Waals surface area contributed by atoms with Gasteiger partial charge >= 0.3 is 0 Å². The van der Waals surface area contributed by atoms with Crippen LogP contribution in [0.15, 0.2) is 17.5 Å². The molecular formula is C15H24N2OS. The Labute approximate surface area is 119 Å². The maximum absolute atomic E-state index is 12.1. The van der Waals surface area contributed by atoms with Crippen molar-refractivity contribution < 1.29 is 4.79 Å². The first-order valence-corrected chi connectivity index (χ1v) is 8.08. The first-order chi connectivity index (χ1) is 9.16. The molecule has 1 aromatic heterocycles. The van der Waals surface area contributed by atoms with Crippen LogP contribution in [0.3, 0.4) is 0 Å². The molecule has 0 bridgehead atoms. The Balaban J connectivity index is 1.77. The predicted molar refractivity (Wildman–Crippen MR) is 80.3 cm³/mol.